The van der Waals surface area contributed by atoms with Gasteiger partial charge in [-0.25, -0.2) is 4.39 Å². The van der Waals surface area contributed by atoms with Gasteiger partial charge in [-0.15, -0.1) is 0 Å². The van der Waals surface area contributed by atoms with E-state index in [9.17, 15) is 27.2 Å². The molecule has 0 aromatic heterocycles. The smallest absolute Gasteiger partial charge is 0.373 e. The second-order valence-electron chi connectivity index (χ2n) is 5.35. The van der Waals surface area contributed by atoms with Gasteiger partial charge in [-0.3, -0.25) is 9.59 Å². The van der Waals surface area contributed by atoms with Crippen molar-refractivity contribution < 1.29 is 31.9 Å². The molecule has 9 heteroatoms. The third kappa shape index (κ3) is 4.22. The first kappa shape index (κ1) is 18.2. The van der Waals surface area contributed by atoms with Crippen LogP contribution in [0.2, 0.25) is 0 Å². The minimum absolute atomic E-state index is 0.0504. The van der Waals surface area contributed by atoms with E-state index >= 15 is 0 Å². The molecular weight excluding hydrogens is 332 g/mol. The summed E-state index contributed by atoms with van der Waals surface area (Å²) in [7, 11) is 0. The second-order valence-corrected chi connectivity index (χ2v) is 5.35. The van der Waals surface area contributed by atoms with Crippen molar-refractivity contribution >= 4 is 11.8 Å². The van der Waals surface area contributed by atoms with Crippen LogP contribution in [0.25, 0.3) is 0 Å². The maximum absolute atomic E-state index is 14.1. The Morgan fingerprint density at radius 2 is 2.08 bits per heavy atom. The van der Waals surface area contributed by atoms with E-state index in [1.807, 2.05) is 0 Å². The highest BCUT2D eigenvalue weighted by atomic mass is 19.4. The zero-order valence-electron chi connectivity index (χ0n) is 12.8. The molecule has 1 fully saturated rings. The fraction of sp³-hybridized carbons (Fsp3) is 0.467. The molecule has 5 nitrogen and oxygen atoms in total. The molecule has 1 aliphatic rings. The summed E-state index contributed by atoms with van der Waals surface area (Å²) >= 11 is 0. The number of ether oxygens (including phenoxy) is 1. The van der Waals surface area contributed by atoms with Crippen LogP contribution < -0.4 is 5.32 Å². The van der Waals surface area contributed by atoms with Gasteiger partial charge in [0, 0.05) is 26.6 Å². The van der Waals surface area contributed by atoms with Crippen LogP contribution in [-0.2, 0) is 15.7 Å². The topological polar surface area (TPSA) is 58.6 Å². The fourth-order valence-electron chi connectivity index (χ4n) is 2.37. The van der Waals surface area contributed by atoms with E-state index < -0.39 is 35.1 Å². The number of carbonyl (C=O) groups excluding carboxylic acids is 2. The van der Waals surface area contributed by atoms with Crippen molar-refractivity contribution in [2.24, 2.45) is 0 Å². The van der Waals surface area contributed by atoms with Crippen molar-refractivity contribution in [2.75, 3.05) is 26.2 Å². The Balaban J connectivity index is 2.15. The van der Waals surface area contributed by atoms with Gasteiger partial charge in [0.1, 0.15) is 5.82 Å². The molecule has 2 rings (SSSR count). The van der Waals surface area contributed by atoms with Gasteiger partial charge in [0.05, 0.1) is 23.8 Å². The summed E-state index contributed by atoms with van der Waals surface area (Å²) in [6.07, 6.45) is -5.38. The van der Waals surface area contributed by atoms with Gasteiger partial charge < -0.3 is 15.0 Å². The molecule has 0 spiro atoms. The Kier molecular flexibility index (Phi) is 5.43. The van der Waals surface area contributed by atoms with Gasteiger partial charge in [-0.1, -0.05) is 6.07 Å². The summed E-state index contributed by atoms with van der Waals surface area (Å²) in [6.45, 7) is 1.81. The standard InChI is InChI=1S/C15H16F4N2O3/c1-9(22)20-7-10-8-21(5-6-24-10)14(23)11-3-2-4-12(13(11)16)15(17,18)19/h2-4,10H,5-8H2,1H3,(H,20,22)/t10-/m0/s1. The van der Waals surface area contributed by atoms with Gasteiger partial charge in [0.25, 0.3) is 5.91 Å². The fourth-order valence-corrected chi connectivity index (χ4v) is 2.37. The van der Waals surface area contributed by atoms with Gasteiger partial charge in [-0.05, 0) is 12.1 Å². The molecule has 1 heterocycles. The Morgan fingerprint density at radius 3 is 2.71 bits per heavy atom. The normalized spacial score (nSPS) is 18.4. The highest BCUT2D eigenvalue weighted by Crippen LogP contribution is 2.32. The summed E-state index contributed by atoms with van der Waals surface area (Å²) in [6, 6.07) is 2.60. The van der Waals surface area contributed by atoms with E-state index in [1.165, 1.54) is 11.8 Å². The lowest BCUT2D eigenvalue weighted by atomic mass is 10.1. The molecule has 0 bridgehead atoms. The molecule has 1 aliphatic heterocycles. The van der Waals surface area contributed by atoms with Crippen LogP contribution in [0.1, 0.15) is 22.8 Å². The lowest BCUT2D eigenvalue weighted by Crippen LogP contribution is -2.49. The van der Waals surface area contributed by atoms with Gasteiger partial charge in [0.2, 0.25) is 5.91 Å². The Bertz CT molecular complexity index is 634. The average Bonchev–Trinajstić information content (AvgIpc) is 2.51. The predicted molar refractivity (Wildman–Crippen MR) is 75.7 cm³/mol. The molecule has 1 saturated heterocycles. The van der Waals surface area contributed by atoms with Gasteiger partial charge >= 0.3 is 6.18 Å². The van der Waals surface area contributed by atoms with E-state index in [1.54, 1.807) is 0 Å². The van der Waals surface area contributed by atoms with Crippen LogP contribution in [-0.4, -0.2) is 49.1 Å². The van der Waals surface area contributed by atoms with Crippen LogP contribution in [0.4, 0.5) is 17.6 Å². The van der Waals surface area contributed by atoms with E-state index in [-0.39, 0.29) is 32.1 Å². The summed E-state index contributed by atoms with van der Waals surface area (Å²) < 4.78 is 57.7. The number of amides is 2. The number of alkyl halides is 3. The predicted octanol–water partition coefficient (Wildman–Crippen LogP) is 1.82. The van der Waals surface area contributed by atoms with Crippen LogP contribution in [0, 0.1) is 5.82 Å². The lowest BCUT2D eigenvalue weighted by Gasteiger charge is -2.33. The van der Waals surface area contributed by atoms with Crippen molar-refractivity contribution in [3.05, 3.63) is 35.1 Å². The van der Waals surface area contributed by atoms with Crippen LogP contribution in [0.15, 0.2) is 18.2 Å². The Morgan fingerprint density at radius 1 is 1.38 bits per heavy atom. The number of carbonyl (C=O) groups is 2. The van der Waals surface area contributed by atoms with Crippen LogP contribution in [0.5, 0.6) is 0 Å². The van der Waals surface area contributed by atoms with E-state index in [0.29, 0.717) is 6.07 Å². The Labute approximate surface area is 135 Å². The largest absolute Gasteiger partial charge is 0.419 e. The molecule has 0 aliphatic carbocycles. The zero-order valence-corrected chi connectivity index (χ0v) is 12.8. The minimum Gasteiger partial charge on any atom is -0.373 e. The molecule has 0 radical (unpaired) electrons. The third-order valence-electron chi connectivity index (χ3n) is 3.54. The van der Waals surface area contributed by atoms with Crippen molar-refractivity contribution in [3.8, 4) is 0 Å². The molecule has 24 heavy (non-hydrogen) atoms. The zero-order chi connectivity index (χ0) is 17.9. The first-order chi connectivity index (χ1) is 11.2. The van der Waals surface area contributed by atoms with Crippen LogP contribution in [0.3, 0.4) is 0 Å². The molecule has 1 aromatic carbocycles. The number of hydrogen-bond acceptors (Lipinski definition) is 3. The molecule has 0 unspecified atom stereocenters. The summed E-state index contributed by atoms with van der Waals surface area (Å²) in [5, 5.41) is 2.53. The quantitative estimate of drug-likeness (QED) is 0.848. The summed E-state index contributed by atoms with van der Waals surface area (Å²) in [5.41, 5.74) is -2.11. The molecular formula is C15H16F4N2O3. The summed E-state index contributed by atoms with van der Waals surface area (Å²) in [5.74, 6) is -2.69. The number of nitrogens with one attached hydrogen (secondary N) is 1. The number of rotatable bonds is 3. The number of morpholine rings is 1. The number of halogens is 4. The molecule has 1 atom stereocenters. The molecule has 1 aromatic rings. The van der Waals surface area contributed by atoms with Gasteiger partial charge in [0.15, 0.2) is 0 Å². The maximum atomic E-state index is 14.1. The SMILES string of the molecule is CC(=O)NC[C@H]1CN(C(=O)c2cccc(C(F)(F)F)c2F)CCO1. The maximum Gasteiger partial charge on any atom is 0.419 e. The van der Waals surface area contributed by atoms with Crippen LogP contribution >= 0.6 is 0 Å². The number of hydrogen-bond donors (Lipinski definition) is 1. The highest BCUT2D eigenvalue weighted by molar-refractivity contribution is 5.94. The molecule has 1 N–H and O–H groups in total. The Hall–Kier alpha value is -2.16. The van der Waals surface area contributed by atoms with Crippen molar-refractivity contribution in [1.82, 2.24) is 10.2 Å². The number of benzene rings is 1. The van der Waals surface area contributed by atoms with E-state index in [2.05, 4.69) is 5.32 Å². The van der Waals surface area contributed by atoms with Crippen molar-refractivity contribution in [1.29, 1.82) is 0 Å². The van der Waals surface area contributed by atoms with Gasteiger partial charge in [-0.2, -0.15) is 13.2 Å². The van der Waals surface area contributed by atoms with E-state index in [0.717, 1.165) is 12.1 Å². The first-order valence-corrected chi connectivity index (χ1v) is 7.21. The lowest BCUT2D eigenvalue weighted by molar-refractivity contribution is -0.140. The van der Waals surface area contributed by atoms with Crippen molar-refractivity contribution in [3.63, 3.8) is 0 Å². The average molecular weight is 348 g/mol. The minimum atomic E-state index is -4.88. The molecule has 132 valence electrons. The number of nitrogens with zero attached hydrogens (tertiary/aromatic N) is 1. The van der Waals surface area contributed by atoms with Crippen molar-refractivity contribution in [2.45, 2.75) is 19.2 Å². The third-order valence-corrected chi connectivity index (χ3v) is 3.54. The molecule has 0 saturated carbocycles. The first-order valence-electron chi connectivity index (χ1n) is 7.21. The van der Waals surface area contributed by atoms with E-state index in [4.69, 9.17) is 4.74 Å². The second kappa shape index (κ2) is 7.16. The highest BCUT2D eigenvalue weighted by Gasteiger charge is 2.36. The summed E-state index contributed by atoms with van der Waals surface area (Å²) in [4.78, 5) is 24.5. The monoisotopic (exact) mass is 348 g/mol. The molecule has 2 amide bonds.